The minimum atomic E-state index is -0.815. The van der Waals surface area contributed by atoms with Gasteiger partial charge in [-0.25, -0.2) is 9.29 Å². The van der Waals surface area contributed by atoms with Gasteiger partial charge in [0.05, 0.1) is 24.9 Å². The van der Waals surface area contributed by atoms with Crippen molar-refractivity contribution in [2.45, 2.75) is 12.5 Å². The van der Waals surface area contributed by atoms with Gasteiger partial charge in [-0.05, 0) is 30.3 Å². The second-order valence-corrected chi connectivity index (χ2v) is 5.70. The van der Waals surface area contributed by atoms with Crippen LogP contribution < -0.4 is 15.0 Å². The van der Waals surface area contributed by atoms with Crippen molar-refractivity contribution in [2.24, 2.45) is 0 Å². The first-order valence-corrected chi connectivity index (χ1v) is 7.60. The summed E-state index contributed by atoms with van der Waals surface area (Å²) in [6.07, 6.45) is -0.0805. The number of nitrogens with one attached hydrogen (secondary N) is 1. The third-order valence-electron chi connectivity index (χ3n) is 3.73. The molecule has 1 aliphatic rings. The predicted octanol–water partition coefficient (Wildman–Crippen LogP) is 3.23. The molecule has 1 aliphatic heterocycles. The largest absolute Gasteiger partial charge is 0.495 e. The Labute approximate surface area is 143 Å². The molecule has 1 N–H and O–H groups in total. The smallest absolute Gasteiger partial charge is 0.256 e. The van der Waals surface area contributed by atoms with E-state index in [1.165, 1.54) is 25.3 Å². The zero-order chi connectivity index (χ0) is 17.3. The summed E-state index contributed by atoms with van der Waals surface area (Å²) < 4.78 is 19.1. The molecule has 1 heterocycles. The van der Waals surface area contributed by atoms with Crippen LogP contribution >= 0.6 is 11.6 Å². The maximum atomic E-state index is 13.9. The van der Waals surface area contributed by atoms with E-state index in [0.717, 1.165) is 4.90 Å². The van der Waals surface area contributed by atoms with Crippen LogP contribution in [-0.2, 0) is 9.59 Å². The molecule has 0 bridgehead atoms. The van der Waals surface area contributed by atoms with E-state index >= 15 is 0 Å². The van der Waals surface area contributed by atoms with E-state index < -0.39 is 23.7 Å². The Morgan fingerprint density at radius 1 is 1.25 bits per heavy atom. The molecule has 1 saturated heterocycles. The Morgan fingerprint density at radius 3 is 2.71 bits per heavy atom. The highest BCUT2D eigenvalue weighted by atomic mass is 35.5. The summed E-state index contributed by atoms with van der Waals surface area (Å²) in [6.45, 7) is 0. The Hall–Kier alpha value is -2.60. The van der Waals surface area contributed by atoms with Gasteiger partial charge in [-0.3, -0.25) is 9.59 Å². The number of rotatable bonds is 4. The van der Waals surface area contributed by atoms with Crippen molar-refractivity contribution < 1.29 is 18.7 Å². The first-order chi connectivity index (χ1) is 11.5. The molecule has 1 fully saturated rings. The second-order valence-electron chi connectivity index (χ2n) is 5.26. The number of ether oxygens (including phenoxy) is 1. The SMILES string of the molecule is COc1ccc(Cl)cc1N[C@@H]1CC(=O)N(c2ccccc2F)C1=O. The van der Waals surface area contributed by atoms with Crippen LogP contribution in [0.5, 0.6) is 5.75 Å². The Balaban J connectivity index is 1.88. The van der Waals surface area contributed by atoms with Gasteiger partial charge in [0.1, 0.15) is 17.6 Å². The van der Waals surface area contributed by atoms with Gasteiger partial charge in [-0.15, -0.1) is 0 Å². The van der Waals surface area contributed by atoms with E-state index in [9.17, 15) is 14.0 Å². The van der Waals surface area contributed by atoms with Crippen LogP contribution in [0.4, 0.5) is 15.8 Å². The lowest BCUT2D eigenvalue weighted by Gasteiger charge is -2.17. The maximum absolute atomic E-state index is 13.9. The summed E-state index contributed by atoms with van der Waals surface area (Å²) in [5.74, 6) is -1.13. The van der Waals surface area contributed by atoms with Crippen LogP contribution in [0.25, 0.3) is 0 Å². The van der Waals surface area contributed by atoms with Gasteiger partial charge < -0.3 is 10.1 Å². The summed E-state index contributed by atoms with van der Waals surface area (Å²) in [6, 6.07) is 9.76. The number of carbonyl (C=O) groups excluding carboxylic acids is 2. The molecular weight excluding hydrogens is 335 g/mol. The molecular formula is C17H14ClFN2O3. The Morgan fingerprint density at radius 2 is 2.00 bits per heavy atom. The number of para-hydroxylation sites is 1. The van der Waals surface area contributed by atoms with Crippen molar-refractivity contribution >= 4 is 34.8 Å². The van der Waals surface area contributed by atoms with Crippen LogP contribution in [0.1, 0.15) is 6.42 Å². The van der Waals surface area contributed by atoms with E-state index in [4.69, 9.17) is 16.3 Å². The molecule has 0 unspecified atom stereocenters. The average molecular weight is 349 g/mol. The first kappa shape index (κ1) is 16.3. The molecule has 3 rings (SSSR count). The molecule has 0 radical (unpaired) electrons. The summed E-state index contributed by atoms with van der Waals surface area (Å²) in [5.41, 5.74) is 0.446. The van der Waals surface area contributed by atoms with Gasteiger partial charge in [0.25, 0.3) is 5.91 Å². The topological polar surface area (TPSA) is 58.6 Å². The van der Waals surface area contributed by atoms with Gasteiger partial charge in [0.2, 0.25) is 5.91 Å². The molecule has 1 atom stereocenters. The number of anilines is 2. The van der Waals surface area contributed by atoms with Crippen LogP contribution in [0.2, 0.25) is 5.02 Å². The fourth-order valence-corrected chi connectivity index (χ4v) is 2.78. The van der Waals surface area contributed by atoms with Crippen LogP contribution in [0, 0.1) is 5.82 Å². The molecule has 0 saturated carbocycles. The zero-order valence-electron chi connectivity index (χ0n) is 12.8. The second kappa shape index (κ2) is 6.49. The first-order valence-electron chi connectivity index (χ1n) is 7.22. The van der Waals surface area contributed by atoms with Crippen LogP contribution in [0.3, 0.4) is 0 Å². The van der Waals surface area contributed by atoms with Crippen molar-refractivity contribution in [3.8, 4) is 5.75 Å². The fourth-order valence-electron chi connectivity index (χ4n) is 2.61. The number of nitrogens with zero attached hydrogens (tertiary/aromatic N) is 1. The van der Waals surface area contributed by atoms with Crippen molar-refractivity contribution in [3.63, 3.8) is 0 Å². The minimum Gasteiger partial charge on any atom is -0.495 e. The predicted molar refractivity (Wildman–Crippen MR) is 88.9 cm³/mol. The summed E-state index contributed by atoms with van der Waals surface area (Å²) >= 11 is 5.96. The number of carbonyl (C=O) groups is 2. The summed E-state index contributed by atoms with van der Waals surface area (Å²) in [4.78, 5) is 25.6. The molecule has 124 valence electrons. The van der Waals surface area contributed by atoms with Crippen molar-refractivity contribution in [2.75, 3.05) is 17.3 Å². The van der Waals surface area contributed by atoms with Gasteiger partial charge in [0, 0.05) is 5.02 Å². The van der Waals surface area contributed by atoms with E-state index in [1.807, 2.05) is 0 Å². The quantitative estimate of drug-likeness (QED) is 0.862. The molecule has 0 aromatic heterocycles. The lowest BCUT2D eigenvalue weighted by Crippen LogP contribution is -2.35. The number of benzene rings is 2. The van der Waals surface area contributed by atoms with Crippen LogP contribution in [-0.4, -0.2) is 25.0 Å². The maximum Gasteiger partial charge on any atom is 0.256 e. The molecule has 7 heteroatoms. The lowest BCUT2D eigenvalue weighted by molar-refractivity contribution is -0.121. The monoisotopic (exact) mass is 348 g/mol. The lowest BCUT2D eigenvalue weighted by atomic mass is 10.2. The number of hydrogen-bond acceptors (Lipinski definition) is 4. The van der Waals surface area contributed by atoms with Crippen molar-refractivity contribution in [3.05, 3.63) is 53.3 Å². The number of amides is 2. The zero-order valence-corrected chi connectivity index (χ0v) is 13.5. The number of imide groups is 1. The van der Waals surface area contributed by atoms with Crippen LogP contribution in [0.15, 0.2) is 42.5 Å². The fraction of sp³-hybridized carbons (Fsp3) is 0.176. The van der Waals surface area contributed by atoms with E-state index in [2.05, 4.69) is 5.32 Å². The van der Waals surface area contributed by atoms with Gasteiger partial charge in [0.15, 0.2) is 0 Å². The molecule has 2 aromatic carbocycles. The molecule has 5 nitrogen and oxygen atoms in total. The Kier molecular flexibility index (Phi) is 4.40. The third-order valence-corrected chi connectivity index (χ3v) is 3.97. The van der Waals surface area contributed by atoms with Crippen molar-refractivity contribution in [1.82, 2.24) is 0 Å². The number of hydrogen-bond donors (Lipinski definition) is 1. The highest BCUT2D eigenvalue weighted by Gasteiger charge is 2.40. The summed E-state index contributed by atoms with van der Waals surface area (Å²) in [5, 5.41) is 3.42. The number of halogens is 2. The standard InChI is InChI=1S/C17H14ClFN2O3/c1-24-15-7-6-10(18)8-12(15)20-13-9-16(22)21(17(13)23)14-5-3-2-4-11(14)19/h2-8,13,20H,9H2,1H3/t13-/m1/s1. The minimum absolute atomic E-state index is 0.0464. The highest BCUT2D eigenvalue weighted by Crippen LogP contribution is 2.31. The van der Waals surface area contributed by atoms with Crippen molar-refractivity contribution in [1.29, 1.82) is 0 Å². The Bertz CT molecular complexity index is 812. The normalized spacial score (nSPS) is 17.3. The molecule has 24 heavy (non-hydrogen) atoms. The van der Waals surface area contributed by atoms with Gasteiger partial charge in [-0.1, -0.05) is 23.7 Å². The van der Waals surface area contributed by atoms with Gasteiger partial charge in [-0.2, -0.15) is 0 Å². The highest BCUT2D eigenvalue weighted by molar-refractivity contribution is 6.31. The van der Waals surface area contributed by atoms with E-state index in [1.54, 1.807) is 24.3 Å². The van der Waals surface area contributed by atoms with E-state index in [-0.39, 0.29) is 12.1 Å². The van der Waals surface area contributed by atoms with Gasteiger partial charge >= 0.3 is 0 Å². The molecule has 2 aromatic rings. The molecule has 2 amide bonds. The average Bonchev–Trinajstić information content (AvgIpc) is 2.82. The van der Waals surface area contributed by atoms with E-state index in [0.29, 0.717) is 16.5 Å². The molecule has 0 spiro atoms. The number of methoxy groups -OCH3 is 1. The summed E-state index contributed by atoms with van der Waals surface area (Å²) in [7, 11) is 1.49. The third kappa shape index (κ3) is 2.92. The molecule has 0 aliphatic carbocycles.